The van der Waals surface area contributed by atoms with E-state index in [1.54, 1.807) is 6.07 Å². The summed E-state index contributed by atoms with van der Waals surface area (Å²) in [6, 6.07) is 5.02. The van der Waals surface area contributed by atoms with Crippen LogP contribution in [0.15, 0.2) is 23.2 Å². The number of carbonyl (C=O) groups excluding carboxylic acids is 1. The number of nitrogens with zero attached hydrogens (tertiary/aromatic N) is 1. The van der Waals surface area contributed by atoms with E-state index in [4.69, 9.17) is 4.74 Å². The Hall–Kier alpha value is -1.58. The minimum absolute atomic E-state index is 0. The van der Waals surface area contributed by atoms with E-state index in [1.165, 1.54) is 18.9 Å². The summed E-state index contributed by atoms with van der Waals surface area (Å²) in [6.45, 7) is 9.43. The number of benzene rings is 1. The average Bonchev–Trinajstić information content (AvgIpc) is 3.44. The average molecular weight is 520 g/mol. The van der Waals surface area contributed by atoms with E-state index in [1.807, 2.05) is 33.8 Å². The highest BCUT2D eigenvalue weighted by Gasteiger charge is 2.22. The van der Waals surface area contributed by atoms with Gasteiger partial charge >= 0.3 is 0 Å². The number of amides is 1. The number of nitrogens with one attached hydrogen (secondary N) is 3. The largest absolute Gasteiger partial charge is 0.490 e. The molecule has 1 unspecified atom stereocenters. The molecule has 0 spiro atoms. The van der Waals surface area contributed by atoms with Gasteiger partial charge in [-0.15, -0.1) is 24.0 Å². The Bertz CT molecular complexity index is 681. The highest BCUT2D eigenvalue weighted by molar-refractivity contribution is 14.0. The number of hydrogen-bond acceptors (Lipinski definition) is 3. The summed E-state index contributed by atoms with van der Waals surface area (Å²) < 4.78 is 19.9. The van der Waals surface area contributed by atoms with Gasteiger partial charge in [0.25, 0.3) is 0 Å². The normalized spacial score (nSPS) is 14.8. The summed E-state index contributed by atoms with van der Waals surface area (Å²) in [5, 5.41) is 9.25. The third kappa shape index (κ3) is 9.64. The van der Waals surface area contributed by atoms with Crippen molar-refractivity contribution in [2.45, 2.75) is 59.0 Å². The first-order valence-electron chi connectivity index (χ1n) is 10.2. The van der Waals surface area contributed by atoms with Crippen LogP contribution in [0.2, 0.25) is 0 Å². The topological polar surface area (TPSA) is 74.8 Å². The second-order valence-corrected chi connectivity index (χ2v) is 7.54. The Morgan fingerprint density at radius 2 is 2.00 bits per heavy atom. The van der Waals surface area contributed by atoms with Gasteiger partial charge in [0.05, 0.1) is 19.2 Å². The van der Waals surface area contributed by atoms with Crippen LogP contribution < -0.4 is 20.7 Å². The summed E-state index contributed by atoms with van der Waals surface area (Å²) in [6.07, 6.45) is 2.67. The zero-order valence-electron chi connectivity index (χ0n) is 17.8. The molecule has 0 saturated heterocycles. The molecule has 0 heterocycles. The molecule has 29 heavy (non-hydrogen) atoms. The lowest BCUT2D eigenvalue weighted by atomic mass is 10.1. The first kappa shape index (κ1) is 25.5. The predicted molar refractivity (Wildman–Crippen MR) is 125 cm³/mol. The Morgan fingerprint density at radius 1 is 1.28 bits per heavy atom. The van der Waals surface area contributed by atoms with E-state index in [-0.39, 0.29) is 47.8 Å². The highest BCUT2D eigenvalue weighted by atomic mass is 127. The Labute approximate surface area is 190 Å². The van der Waals surface area contributed by atoms with Gasteiger partial charge in [-0.05, 0) is 64.2 Å². The molecule has 8 heteroatoms. The third-order valence-corrected chi connectivity index (χ3v) is 4.38. The van der Waals surface area contributed by atoms with E-state index in [0.717, 1.165) is 5.56 Å². The smallest absolute Gasteiger partial charge is 0.222 e. The SMILES string of the molecule is CCNC(=NCCC(=O)NC(C)C)NC(C)c1ccc(OCC2CC2)c(F)c1.I. The van der Waals surface area contributed by atoms with Crippen molar-refractivity contribution in [2.75, 3.05) is 19.7 Å². The maximum atomic E-state index is 14.3. The minimum atomic E-state index is -0.348. The van der Waals surface area contributed by atoms with Crippen molar-refractivity contribution in [2.24, 2.45) is 10.9 Å². The minimum Gasteiger partial charge on any atom is -0.490 e. The first-order valence-corrected chi connectivity index (χ1v) is 10.2. The Kier molecular flexibility index (Phi) is 11.3. The zero-order chi connectivity index (χ0) is 20.5. The number of halogens is 2. The number of ether oxygens (including phenoxy) is 1. The van der Waals surface area contributed by atoms with Gasteiger partial charge in [-0.3, -0.25) is 9.79 Å². The molecule has 0 aliphatic heterocycles. The molecule has 1 aromatic carbocycles. The maximum Gasteiger partial charge on any atom is 0.222 e. The van der Waals surface area contributed by atoms with Crippen molar-refractivity contribution in [1.29, 1.82) is 0 Å². The molecule has 1 saturated carbocycles. The molecular formula is C21H34FIN4O2. The monoisotopic (exact) mass is 520 g/mol. The molecule has 1 aliphatic carbocycles. The molecule has 0 radical (unpaired) electrons. The second kappa shape index (κ2) is 12.9. The van der Waals surface area contributed by atoms with Crippen LogP contribution in [-0.2, 0) is 4.79 Å². The van der Waals surface area contributed by atoms with Crippen molar-refractivity contribution in [3.8, 4) is 5.75 Å². The Balaban J connectivity index is 0.00000420. The van der Waals surface area contributed by atoms with Gasteiger partial charge in [-0.2, -0.15) is 0 Å². The van der Waals surface area contributed by atoms with E-state index >= 15 is 0 Å². The van der Waals surface area contributed by atoms with Crippen LogP contribution in [0.4, 0.5) is 4.39 Å². The molecule has 3 N–H and O–H groups in total. The molecule has 1 atom stereocenters. The van der Waals surface area contributed by atoms with Crippen molar-refractivity contribution >= 4 is 35.8 Å². The van der Waals surface area contributed by atoms with Gasteiger partial charge in [0.1, 0.15) is 0 Å². The molecule has 0 aromatic heterocycles. The number of rotatable bonds is 10. The summed E-state index contributed by atoms with van der Waals surface area (Å²) >= 11 is 0. The van der Waals surface area contributed by atoms with Crippen LogP contribution in [0.25, 0.3) is 0 Å². The molecule has 6 nitrogen and oxygen atoms in total. The fourth-order valence-electron chi connectivity index (χ4n) is 2.67. The van der Waals surface area contributed by atoms with E-state index in [9.17, 15) is 9.18 Å². The highest BCUT2D eigenvalue weighted by Crippen LogP contribution is 2.30. The summed E-state index contributed by atoms with van der Waals surface area (Å²) in [7, 11) is 0. The predicted octanol–water partition coefficient (Wildman–Crippen LogP) is 3.76. The van der Waals surface area contributed by atoms with E-state index in [0.29, 0.717) is 43.7 Å². The van der Waals surface area contributed by atoms with Crippen LogP contribution in [0.3, 0.4) is 0 Å². The van der Waals surface area contributed by atoms with Crippen LogP contribution in [-0.4, -0.2) is 37.6 Å². The molecular weight excluding hydrogens is 486 g/mol. The van der Waals surface area contributed by atoms with Gasteiger partial charge in [0.15, 0.2) is 17.5 Å². The van der Waals surface area contributed by atoms with Crippen molar-refractivity contribution in [1.82, 2.24) is 16.0 Å². The van der Waals surface area contributed by atoms with Crippen LogP contribution >= 0.6 is 24.0 Å². The van der Waals surface area contributed by atoms with Crippen molar-refractivity contribution in [3.63, 3.8) is 0 Å². The maximum absolute atomic E-state index is 14.3. The van der Waals surface area contributed by atoms with Gasteiger partial charge in [-0.1, -0.05) is 6.07 Å². The zero-order valence-corrected chi connectivity index (χ0v) is 20.1. The molecule has 1 amide bonds. The van der Waals surface area contributed by atoms with Crippen molar-refractivity contribution in [3.05, 3.63) is 29.6 Å². The number of hydrogen-bond donors (Lipinski definition) is 3. The molecule has 0 bridgehead atoms. The summed E-state index contributed by atoms with van der Waals surface area (Å²) in [5.74, 6) is 1.12. The van der Waals surface area contributed by atoms with E-state index in [2.05, 4.69) is 20.9 Å². The van der Waals surface area contributed by atoms with Crippen molar-refractivity contribution < 1.29 is 13.9 Å². The lowest BCUT2D eigenvalue weighted by Gasteiger charge is -2.19. The fraction of sp³-hybridized carbons (Fsp3) is 0.619. The second-order valence-electron chi connectivity index (χ2n) is 7.54. The van der Waals surface area contributed by atoms with E-state index < -0.39 is 0 Å². The summed E-state index contributed by atoms with van der Waals surface area (Å²) in [4.78, 5) is 16.2. The fourth-order valence-corrected chi connectivity index (χ4v) is 2.67. The standard InChI is InChI=1S/C21H33FN4O2.HI/c1-5-23-21(24-11-10-20(27)25-14(2)3)26-15(4)17-8-9-19(18(22)12-17)28-13-16-6-7-16;/h8-9,12,14-16H,5-7,10-11,13H2,1-4H3,(H,25,27)(H2,23,24,26);1H. The number of carbonyl (C=O) groups is 1. The number of aliphatic imine (C=N–C) groups is 1. The molecule has 1 aromatic rings. The number of guanidine groups is 1. The molecule has 1 aliphatic rings. The molecule has 1 fully saturated rings. The van der Waals surface area contributed by atoms with Gasteiger partial charge in [-0.25, -0.2) is 4.39 Å². The van der Waals surface area contributed by atoms with Crippen LogP contribution in [0.5, 0.6) is 5.75 Å². The van der Waals surface area contributed by atoms with Gasteiger partial charge in [0, 0.05) is 19.0 Å². The van der Waals surface area contributed by atoms with Crippen LogP contribution in [0.1, 0.15) is 58.6 Å². The van der Waals surface area contributed by atoms with Crippen LogP contribution in [0, 0.1) is 11.7 Å². The molecule has 2 rings (SSSR count). The quantitative estimate of drug-likeness (QED) is 0.250. The molecule has 164 valence electrons. The first-order chi connectivity index (χ1) is 13.4. The lowest BCUT2D eigenvalue weighted by Crippen LogP contribution is -2.39. The lowest BCUT2D eigenvalue weighted by molar-refractivity contribution is -0.121. The Morgan fingerprint density at radius 3 is 2.59 bits per heavy atom. The third-order valence-electron chi connectivity index (χ3n) is 4.38. The summed E-state index contributed by atoms with van der Waals surface area (Å²) in [5.41, 5.74) is 0.805. The van der Waals surface area contributed by atoms with Gasteiger partial charge < -0.3 is 20.7 Å². The van der Waals surface area contributed by atoms with Gasteiger partial charge in [0.2, 0.25) is 5.91 Å².